The number of piperazine rings is 1. The minimum atomic E-state index is 0.107. The van der Waals surface area contributed by atoms with Crippen LogP contribution >= 0.6 is 0 Å². The van der Waals surface area contributed by atoms with E-state index < -0.39 is 0 Å². The molecule has 2 aromatic carbocycles. The van der Waals surface area contributed by atoms with Crippen LogP contribution in [0.15, 0.2) is 60.9 Å². The first kappa shape index (κ1) is 25.1. The van der Waals surface area contributed by atoms with E-state index in [2.05, 4.69) is 90.0 Å². The number of anilines is 4. The first-order chi connectivity index (χ1) is 18.1. The van der Waals surface area contributed by atoms with Crippen LogP contribution in [0.25, 0.3) is 0 Å². The van der Waals surface area contributed by atoms with Gasteiger partial charge in [0.05, 0.1) is 6.54 Å². The van der Waals surface area contributed by atoms with Crippen molar-refractivity contribution < 1.29 is 4.79 Å². The summed E-state index contributed by atoms with van der Waals surface area (Å²) < 4.78 is 0. The van der Waals surface area contributed by atoms with E-state index >= 15 is 0 Å². The predicted molar refractivity (Wildman–Crippen MR) is 147 cm³/mol. The fraction of sp³-hybridized carbons (Fsp3) is 0.393. The number of benzene rings is 2. The van der Waals surface area contributed by atoms with Gasteiger partial charge in [-0.25, -0.2) is 9.97 Å². The Balaban J connectivity index is 1.36. The van der Waals surface area contributed by atoms with Crippen LogP contribution in [0.5, 0.6) is 0 Å². The van der Waals surface area contributed by atoms with Gasteiger partial charge in [0.1, 0.15) is 18.0 Å². The molecule has 3 aromatic rings. The van der Waals surface area contributed by atoms with Crippen LogP contribution < -0.4 is 16.0 Å². The number of aromatic nitrogens is 2. The van der Waals surface area contributed by atoms with E-state index in [1.165, 1.54) is 11.1 Å². The number of rotatable bonds is 1. The first-order valence-corrected chi connectivity index (χ1v) is 13.1. The standard InChI is InChI=1S/C28H36N8O/c1-2-34-10-9-29-28(37)20-36-13-11-35(12-14-36)19-23-6-4-8-25(16-23)33-27-17-26(30-21-31-27)32-24-7-3-5-22(15-24)18-34/h3-8,15-17,21H,2,9-14,18-20H2,1H3,(H,29,37)(H2,30,31,32,33). The summed E-state index contributed by atoms with van der Waals surface area (Å²) in [6.07, 6.45) is 1.58. The third-order valence-electron chi connectivity index (χ3n) is 6.91. The number of hydrogen-bond donors (Lipinski definition) is 3. The fourth-order valence-corrected chi connectivity index (χ4v) is 4.87. The number of nitrogens with zero attached hydrogens (tertiary/aromatic N) is 5. The van der Waals surface area contributed by atoms with Crippen molar-refractivity contribution in [2.45, 2.75) is 20.0 Å². The minimum absolute atomic E-state index is 0.107. The molecule has 37 heavy (non-hydrogen) atoms. The van der Waals surface area contributed by atoms with Crippen molar-refractivity contribution in [3.63, 3.8) is 0 Å². The third-order valence-corrected chi connectivity index (χ3v) is 6.91. The van der Waals surface area contributed by atoms with Gasteiger partial charge in [0.15, 0.2) is 0 Å². The van der Waals surface area contributed by atoms with Gasteiger partial charge in [-0.3, -0.25) is 19.5 Å². The molecule has 1 fully saturated rings. The van der Waals surface area contributed by atoms with Crippen LogP contribution in [-0.4, -0.2) is 82.9 Å². The molecule has 1 aromatic heterocycles. The number of nitrogens with one attached hydrogen (secondary N) is 3. The molecular weight excluding hydrogens is 464 g/mol. The van der Waals surface area contributed by atoms with Crippen LogP contribution in [0.1, 0.15) is 18.1 Å². The summed E-state index contributed by atoms with van der Waals surface area (Å²) in [6, 6.07) is 18.8. The Bertz CT molecular complexity index is 1190. The molecular formula is C28H36N8O. The van der Waals surface area contributed by atoms with E-state index in [1.807, 2.05) is 12.1 Å². The van der Waals surface area contributed by atoms with Gasteiger partial charge in [-0.2, -0.15) is 0 Å². The van der Waals surface area contributed by atoms with Crippen LogP contribution in [0.3, 0.4) is 0 Å². The monoisotopic (exact) mass is 500 g/mol. The molecule has 194 valence electrons. The smallest absolute Gasteiger partial charge is 0.234 e. The van der Waals surface area contributed by atoms with Gasteiger partial charge >= 0.3 is 0 Å². The molecule has 0 saturated carbocycles. The number of fused-ring (bicyclic) bond motifs is 8. The molecule has 3 N–H and O–H groups in total. The SMILES string of the molecule is CCN1CCNC(=O)CN2CCN(CC2)Cc2cccc(c2)Nc2cc(ncn2)Nc2cccc(c2)C1. The number of hydrogen-bond acceptors (Lipinski definition) is 8. The Morgan fingerprint density at radius 1 is 0.757 bits per heavy atom. The van der Waals surface area contributed by atoms with E-state index in [4.69, 9.17) is 0 Å². The summed E-state index contributed by atoms with van der Waals surface area (Å²) in [4.78, 5) is 28.4. The third kappa shape index (κ3) is 7.25. The van der Waals surface area contributed by atoms with Crippen molar-refractivity contribution in [2.75, 3.05) is 63.0 Å². The zero-order valence-corrected chi connectivity index (χ0v) is 21.5. The van der Waals surface area contributed by atoms with Crippen LogP contribution in [0, 0.1) is 0 Å². The van der Waals surface area contributed by atoms with Crippen LogP contribution in [0.2, 0.25) is 0 Å². The molecule has 0 radical (unpaired) electrons. The van der Waals surface area contributed by atoms with E-state index in [1.54, 1.807) is 6.33 Å². The van der Waals surface area contributed by atoms with Crippen LogP contribution in [0.4, 0.5) is 23.0 Å². The highest BCUT2D eigenvalue weighted by Gasteiger charge is 2.19. The molecule has 1 saturated heterocycles. The Kier molecular flexibility index (Phi) is 8.25. The highest BCUT2D eigenvalue weighted by Crippen LogP contribution is 2.22. The summed E-state index contributed by atoms with van der Waals surface area (Å²) in [5.41, 5.74) is 4.43. The zero-order chi connectivity index (χ0) is 25.5. The lowest BCUT2D eigenvalue weighted by Gasteiger charge is -2.34. The van der Waals surface area contributed by atoms with E-state index in [0.717, 1.165) is 75.4 Å². The van der Waals surface area contributed by atoms with E-state index in [-0.39, 0.29) is 5.91 Å². The van der Waals surface area contributed by atoms with Crippen molar-refractivity contribution in [1.29, 1.82) is 0 Å². The maximum atomic E-state index is 12.6. The number of amides is 1. The number of carbonyl (C=O) groups is 1. The molecule has 0 atom stereocenters. The highest BCUT2D eigenvalue weighted by atomic mass is 16.2. The second-order valence-electron chi connectivity index (χ2n) is 9.71. The Morgan fingerprint density at radius 2 is 1.35 bits per heavy atom. The van der Waals surface area contributed by atoms with Gasteiger partial charge in [-0.05, 0) is 41.9 Å². The summed E-state index contributed by atoms with van der Waals surface area (Å²) in [6.45, 7) is 10.4. The van der Waals surface area contributed by atoms with Crippen LogP contribution in [-0.2, 0) is 17.9 Å². The molecule has 1 amide bonds. The second-order valence-corrected chi connectivity index (χ2v) is 9.71. The maximum Gasteiger partial charge on any atom is 0.234 e. The number of carbonyl (C=O) groups excluding carboxylic acids is 1. The van der Waals surface area contributed by atoms with Gasteiger partial charge in [-0.15, -0.1) is 0 Å². The van der Waals surface area contributed by atoms with Crippen molar-refractivity contribution in [3.8, 4) is 0 Å². The lowest BCUT2D eigenvalue weighted by Crippen LogP contribution is -2.49. The molecule has 3 aliphatic heterocycles. The molecule has 8 bridgehead atoms. The van der Waals surface area contributed by atoms with Crippen molar-refractivity contribution >= 4 is 28.9 Å². The summed E-state index contributed by atoms with van der Waals surface area (Å²) in [7, 11) is 0. The van der Waals surface area contributed by atoms with E-state index in [0.29, 0.717) is 13.1 Å². The maximum absolute atomic E-state index is 12.6. The molecule has 0 unspecified atom stereocenters. The minimum Gasteiger partial charge on any atom is -0.354 e. The summed E-state index contributed by atoms with van der Waals surface area (Å²) in [5, 5.41) is 9.96. The summed E-state index contributed by atoms with van der Waals surface area (Å²) >= 11 is 0. The highest BCUT2D eigenvalue weighted by molar-refractivity contribution is 5.78. The Hall–Kier alpha value is -3.53. The average molecular weight is 501 g/mol. The quantitative estimate of drug-likeness (QED) is 0.470. The predicted octanol–water partition coefficient (Wildman–Crippen LogP) is 3.03. The fourth-order valence-electron chi connectivity index (χ4n) is 4.87. The Morgan fingerprint density at radius 3 is 1.97 bits per heavy atom. The average Bonchev–Trinajstić information content (AvgIpc) is 2.89. The van der Waals surface area contributed by atoms with Gasteiger partial charge in [0.25, 0.3) is 0 Å². The normalized spacial score (nSPS) is 21.4. The van der Waals surface area contributed by atoms with Gasteiger partial charge < -0.3 is 16.0 Å². The van der Waals surface area contributed by atoms with Gasteiger partial charge in [0.2, 0.25) is 5.91 Å². The lowest BCUT2D eigenvalue weighted by molar-refractivity contribution is -0.122. The lowest BCUT2D eigenvalue weighted by atomic mass is 10.1. The first-order valence-electron chi connectivity index (χ1n) is 13.1. The van der Waals surface area contributed by atoms with Gasteiger partial charge in [-0.1, -0.05) is 31.2 Å². The number of likely N-dealkylation sites (N-methyl/N-ethyl adjacent to an activating group) is 1. The molecule has 3 aliphatic rings. The molecule has 0 spiro atoms. The Labute approximate surface area is 218 Å². The van der Waals surface area contributed by atoms with E-state index in [9.17, 15) is 4.79 Å². The molecule has 4 heterocycles. The van der Waals surface area contributed by atoms with Crippen molar-refractivity contribution in [2.24, 2.45) is 0 Å². The van der Waals surface area contributed by atoms with Gasteiger partial charge in [0, 0.05) is 69.8 Å². The topological polar surface area (TPSA) is 88.7 Å². The molecule has 0 aliphatic carbocycles. The van der Waals surface area contributed by atoms with Crippen molar-refractivity contribution in [1.82, 2.24) is 30.0 Å². The largest absolute Gasteiger partial charge is 0.354 e. The van der Waals surface area contributed by atoms with Crippen molar-refractivity contribution in [3.05, 3.63) is 72.1 Å². The zero-order valence-electron chi connectivity index (χ0n) is 21.5. The molecule has 9 nitrogen and oxygen atoms in total. The summed E-state index contributed by atoms with van der Waals surface area (Å²) in [5.74, 6) is 1.58. The second kappa shape index (κ2) is 12.1. The molecule has 9 heteroatoms. The molecule has 6 rings (SSSR count).